The molecule has 2 heterocycles. The van der Waals surface area contributed by atoms with E-state index in [1.165, 1.54) is 11.8 Å². The first-order valence-electron chi connectivity index (χ1n) is 10.9. The van der Waals surface area contributed by atoms with E-state index in [0.717, 1.165) is 31.6 Å². The monoisotopic (exact) mass is 465 g/mol. The van der Waals surface area contributed by atoms with Crippen LogP contribution in [0.1, 0.15) is 39.4 Å². The number of hydrogen-bond donors (Lipinski definition) is 1. The van der Waals surface area contributed by atoms with Gasteiger partial charge in [0, 0.05) is 24.8 Å². The number of ether oxygens (including phenoxy) is 3. The van der Waals surface area contributed by atoms with Crippen LogP contribution in [0.4, 0.5) is 11.4 Å². The van der Waals surface area contributed by atoms with E-state index in [1.54, 1.807) is 57.5 Å². The molecule has 1 N–H and O–H groups in total. The average Bonchev–Trinajstić information content (AvgIpc) is 3.53. The van der Waals surface area contributed by atoms with E-state index >= 15 is 0 Å². The molecule has 0 unspecified atom stereocenters. The van der Waals surface area contributed by atoms with Crippen molar-refractivity contribution in [3.63, 3.8) is 0 Å². The minimum absolute atomic E-state index is 0.171. The number of esters is 1. The molecule has 178 valence electrons. The van der Waals surface area contributed by atoms with Crippen molar-refractivity contribution in [1.82, 2.24) is 15.0 Å². The summed E-state index contributed by atoms with van der Waals surface area (Å²) in [6.07, 6.45) is 2.10. The van der Waals surface area contributed by atoms with Crippen molar-refractivity contribution in [3.05, 3.63) is 53.3 Å². The van der Waals surface area contributed by atoms with E-state index < -0.39 is 11.9 Å². The zero-order valence-corrected chi connectivity index (χ0v) is 19.6. The number of benzene rings is 2. The third-order valence-electron chi connectivity index (χ3n) is 5.83. The first-order valence-corrected chi connectivity index (χ1v) is 10.9. The molecule has 0 aliphatic carbocycles. The highest BCUT2D eigenvalue weighted by molar-refractivity contribution is 6.05. The van der Waals surface area contributed by atoms with Gasteiger partial charge < -0.3 is 24.4 Å². The maximum Gasteiger partial charge on any atom is 0.339 e. The molecular formula is C24H27N5O5. The number of aromatic nitrogens is 3. The normalized spacial score (nSPS) is 13.0. The quantitative estimate of drug-likeness (QED) is 0.530. The van der Waals surface area contributed by atoms with E-state index in [0.29, 0.717) is 34.1 Å². The SMILES string of the molecule is COC(=O)c1ccc(NC(=O)c2nnn(-c3cc(OC)ccc3OC)c2C)cc1N1CCCC1. The number of nitrogens with zero attached hydrogens (tertiary/aromatic N) is 4. The molecule has 10 heteroatoms. The molecule has 34 heavy (non-hydrogen) atoms. The van der Waals surface area contributed by atoms with Crippen LogP contribution in [-0.4, -0.2) is 61.3 Å². The van der Waals surface area contributed by atoms with Crippen LogP contribution in [-0.2, 0) is 4.74 Å². The van der Waals surface area contributed by atoms with Gasteiger partial charge in [-0.25, -0.2) is 9.48 Å². The summed E-state index contributed by atoms with van der Waals surface area (Å²) >= 11 is 0. The first kappa shape index (κ1) is 23.1. The second-order valence-corrected chi connectivity index (χ2v) is 7.84. The lowest BCUT2D eigenvalue weighted by atomic mass is 10.1. The van der Waals surface area contributed by atoms with E-state index in [2.05, 4.69) is 20.5 Å². The molecule has 0 atom stereocenters. The zero-order valence-electron chi connectivity index (χ0n) is 19.6. The molecule has 0 bridgehead atoms. The predicted molar refractivity (Wildman–Crippen MR) is 126 cm³/mol. The molecule has 0 saturated carbocycles. The second kappa shape index (κ2) is 9.82. The molecule has 4 rings (SSSR count). The average molecular weight is 466 g/mol. The molecule has 1 aliphatic rings. The van der Waals surface area contributed by atoms with Crippen LogP contribution in [0.25, 0.3) is 5.69 Å². The Balaban J connectivity index is 1.63. The number of amides is 1. The van der Waals surface area contributed by atoms with Crippen molar-refractivity contribution in [2.75, 3.05) is 44.6 Å². The number of methoxy groups -OCH3 is 3. The Kier molecular flexibility index (Phi) is 6.67. The van der Waals surface area contributed by atoms with Crippen molar-refractivity contribution in [3.8, 4) is 17.2 Å². The fourth-order valence-electron chi connectivity index (χ4n) is 4.03. The van der Waals surface area contributed by atoms with Crippen LogP contribution in [0.2, 0.25) is 0 Å². The van der Waals surface area contributed by atoms with Crippen molar-refractivity contribution in [1.29, 1.82) is 0 Å². The van der Waals surface area contributed by atoms with Crippen LogP contribution >= 0.6 is 0 Å². The Bertz CT molecular complexity index is 1220. The third kappa shape index (κ3) is 4.39. The van der Waals surface area contributed by atoms with Crippen LogP contribution in [0.5, 0.6) is 11.5 Å². The molecular weight excluding hydrogens is 438 g/mol. The lowest BCUT2D eigenvalue weighted by Gasteiger charge is -2.21. The molecule has 1 aliphatic heterocycles. The molecule has 0 spiro atoms. The van der Waals surface area contributed by atoms with Gasteiger partial charge in [-0.15, -0.1) is 5.10 Å². The summed E-state index contributed by atoms with van der Waals surface area (Å²) in [4.78, 5) is 27.4. The zero-order chi connectivity index (χ0) is 24.2. The van der Waals surface area contributed by atoms with Gasteiger partial charge in [0.25, 0.3) is 5.91 Å². The highest BCUT2D eigenvalue weighted by atomic mass is 16.5. The maximum atomic E-state index is 13.1. The maximum absolute atomic E-state index is 13.1. The van der Waals surface area contributed by atoms with Crippen molar-refractivity contribution in [2.24, 2.45) is 0 Å². The summed E-state index contributed by atoms with van der Waals surface area (Å²) in [6.45, 7) is 3.44. The second-order valence-electron chi connectivity index (χ2n) is 7.84. The number of rotatable bonds is 7. The molecule has 1 fully saturated rings. The van der Waals surface area contributed by atoms with Gasteiger partial charge in [0.15, 0.2) is 5.69 Å². The Labute approximate surface area is 197 Å². The number of carbonyl (C=O) groups is 2. The van der Waals surface area contributed by atoms with Gasteiger partial charge in [-0.2, -0.15) is 0 Å². The molecule has 2 aromatic carbocycles. The van der Waals surface area contributed by atoms with Crippen molar-refractivity contribution in [2.45, 2.75) is 19.8 Å². The molecule has 1 aromatic heterocycles. The van der Waals surface area contributed by atoms with Gasteiger partial charge in [-0.3, -0.25) is 4.79 Å². The van der Waals surface area contributed by atoms with Crippen LogP contribution in [0.3, 0.4) is 0 Å². The largest absolute Gasteiger partial charge is 0.497 e. The van der Waals surface area contributed by atoms with Gasteiger partial charge in [0.1, 0.15) is 17.2 Å². The highest BCUT2D eigenvalue weighted by Crippen LogP contribution is 2.30. The topological polar surface area (TPSA) is 108 Å². The molecule has 1 saturated heterocycles. The fraction of sp³-hybridized carbons (Fsp3) is 0.333. The van der Waals surface area contributed by atoms with Crippen molar-refractivity contribution >= 4 is 23.3 Å². The van der Waals surface area contributed by atoms with E-state index in [-0.39, 0.29) is 5.69 Å². The van der Waals surface area contributed by atoms with Crippen LogP contribution < -0.4 is 19.7 Å². The van der Waals surface area contributed by atoms with E-state index in [1.807, 2.05) is 0 Å². The van der Waals surface area contributed by atoms with Gasteiger partial charge in [-0.1, -0.05) is 5.21 Å². The Hall–Kier alpha value is -4.08. The Morgan fingerprint density at radius 2 is 1.74 bits per heavy atom. The highest BCUT2D eigenvalue weighted by Gasteiger charge is 2.23. The van der Waals surface area contributed by atoms with Gasteiger partial charge >= 0.3 is 5.97 Å². The first-order chi connectivity index (χ1) is 16.5. The summed E-state index contributed by atoms with van der Waals surface area (Å²) in [5.41, 5.74) is 3.06. The van der Waals surface area contributed by atoms with E-state index in [4.69, 9.17) is 14.2 Å². The summed E-state index contributed by atoms with van der Waals surface area (Å²) in [7, 11) is 4.48. The smallest absolute Gasteiger partial charge is 0.339 e. The number of hydrogen-bond acceptors (Lipinski definition) is 8. The summed E-state index contributed by atoms with van der Waals surface area (Å²) in [5, 5.41) is 11.1. The van der Waals surface area contributed by atoms with Crippen molar-refractivity contribution < 1.29 is 23.8 Å². The Morgan fingerprint density at radius 1 is 0.971 bits per heavy atom. The molecule has 10 nitrogen and oxygen atoms in total. The number of anilines is 2. The third-order valence-corrected chi connectivity index (χ3v) is 5.83. The molecule has 3 aromatic rings. The number of nitrogens with one attached hydrogen (secondary N) is 1. The summed E-state index contributed by atoms with van der Waals surface area (Å²) < 4.78 is 17.2. The van der Waals surface area contributed by atoms with Gasteiger partial charge in [0.2, 0.25) is 0 Å². The van der Waals surface area contributed by atoms with Gasteiger partial charge in [-0.05, 0) is 50.1 Å². The lowest BCUT2D eigenvalue weighted by Crippen LogP contribution is -2.22. The standard InChI is InChI=1S/C24H27N5O5/c1-15-22(26-27-29(15)20-14-17(32-2)8-10-21(20)33-3)23(30)25-16-7-9-18(24(31)34-4)19(13-16)28-11-5-6-12-28/h7-10,13-14H,5-6,11-12H2,1-4H3,(H,25,30). The minimum atomic E-state index is -0.413. The predicted octanol–water partition coefficient (Wildman–Crippen LogP) is 3.23. The molecule has 0 radical (unpaired) electrons. The summed E-state index contributed by atoms with van der Waals surface area (Å²) in [6, 6.07) is 10.4. The van der Waals surface area contributed by atoms with Gasteiger partial charge in [0.05, 0.1) is 38.3 Å². The lowest BCUT2D eigenvalue weighted by molar-refractivity contribution is 0.0601. The van der Waals surface area contributed by atoms with E-state index in [9.17, 15) is 9.59 Å². The molecule has 1 amide bonds. The fourth-order valence-corrected chi connectivity index (χ4v) is 4.03. The minimum Gasteiger partial charge on any atom is -0.497 e. The summed E-state index contributed by atoms with van der Waals surface area (Å²) in [5.74, 6) is 0.362. The Morgan fingerprint density at radius 3 is 2.41 bits per heavy atom. The van der Waals surface area contributed by atoms with Crippen LogP contribution in [0.15, 0.2) is 36.4 Å². The van der Waals surface area contributed by atoms with Crippen LogP contribution in [0, 0.1) is 6.92 Å². The number of carbonyl (C=O) groups excluding carboxylic acids is 2.